The van der Waals surface area contributed by atoms with Gasteiger partial charge in [0.1, 0.15) is 0 Å². The number of likely N-dealkylation sites (tertiary alicyclic amines) is 1. The van der Waals surface area contributed by atoms with Gasteiger partial charge < -0.3 is 10.6 Å². The van der Waals surface area contributed by atoms with Crippen LogP contribution in [0.4, 0.5) is 0 Å². The van der Waals surface area contributed by atoms with Crippen LogP contribution >= 0.6 is 0 Å². The Morgan fingerprint density at radius 1 is 1.11 bits per heavy atom. The van der Waals surface area contributed by atoms with Gasteiger partial charge >= 0.3 is 0 Å². The van der Waals surface area contributed by atoms with Gasteiger partial charge in [-0.15, -0.1) is 0 Å². The van der Waals surface area contributed by atoms with E-state index in [1.54, 1.807) is 0 Å². The molecule has 102 valence electrons. The number of nitrogens with zero attached hydrogens (tertiary/aromatic N) is 1. The van der Waals surface area contributed by atoms with E-state index in [4.69, 9.17) is 5.73 Å². The molecule has 1 amide bonds. The molecule has 2 N–H and O–H groups in total. The number of carbonyl (C=O) groups excluding carboxylic acids is 1. The lowest BCUT2D eigenvalue weighted by atomic mass is 9.77. The van der Waals surface area contributed by atoms with Crippen molar-refractivity contribution in [2.45, 2.75) is 51.5 Å². The number of fused-ring (bicyclic) bond motifs is 1. The summed E-state index contributed by atoms with van der Waals surface area (Å²) in [6, 6.07) is 0.321. The molecule has 0 aromatic heterocycles. The molecule has 0 spiro atoms. The average molecular weight is 250 g/mol. The van der Waals surface area contributed by atoms with E-state index >= 15 is 0 Å². The first-order valence-corrected chi connectivity index (χ1v) is 7.69. The number of carbonyl (C=O) groups is 1. The van der Waals surface area contributed by atoms with Gasteiger partial charge in [0, 0.05) is 25.0 Å². The fourth-order valence-electron chi connectivity index (χ4n) is 4.45. The third kappa shape index (κ3) is 2.18. The normalized spacial score (nSPS) is 44.1. The van der Waals surface area contributed by atoms with E-state index in [1.165, 1.54) is 19.3 Å². The summed E-state index contributed by atoms with van der Waals surface area (Å²) in [5.74, 6) is 2.79. The third-order valence-electron chi connectivity index (χ3n) is 5.57. The van der Waals surface area contributed by atoms with Crippen LogP contribution in [0.2, 0.25) is 0 Å². The van der Waals surface area contributed by atoms with E-state index in [-0.39, 0.29) is 5.92 Å². The lowest BCUT2D eigenvalue weighted by molar-refractivity contribution is -0.137. The fraction of sp³-hybridized carbons (Fsp3) is 0.933. The first-order chi connectivity index (χ1) is 8.65. The molecular weight excluding hydrogens is 224 g/mol. The average Bonchev–Trinajstić information content (AvgIpc) is 2.87. The molecule has 2 aliphatic carbocycles. The summed E-state index contributed by atoms with van der Waals surface area (Å²) in [6.07, 6.45) is 7.14. The fourth-order valence-corrected chi connectivity index (χ4v) is 4.45. The maximum Gasteiger partial charge on any atom is 0.225 e. The Labute approximate surface area is 110 Å². The van der Waals surface area contributed by atoms with E-state index in [9.17, 15) is 4.79 Å². The third-order valence-corrected chi connectivity index (χ3v) is 5.57. The smallest absolute Gasteiger partial charge is 0.225 e. The Morgan fingerprint density at radius 2 is 1.78 bits per heavy atom. The highest BCUT2D eigenvalue weighted by Crippen LogP contribution is 2.39. The highest BCUT2D eigenvalue weighted by atomic mass is 16.2. The Hall–Kier alpha value is -0.570. The van der Waals surface area contributed by atoms with Crippen LogP contribution in [0.1, 0.15) is 45.4 Å². The van der Waals surface area contributed by atoms with E-state index < -0.39 is 0 Å². The van der Waals surface area contributed by atoms with Crippen molar-refractivity contribution in [3.05, 3.63) is 0 Å². The van der Waals surface area contributed by atoms with Crippen molar-refractivity contribution in [1.29, 1.82) is 0 Å². The predicted octanol–water partition coefficient (Wildman–Crippen LogP) is 2.01. The van der Waals surface area contributed by atoms with Crippen LogP contribution in [0.5, 0.6) is 0 Å². The molecule has 1 heterocycles. The lowest BCUT2D eigenvalue weighted by Gasteiger charge is -2.34. The number of hydrogen-bond donors (Lipinski definition) is 1. The monoisotopic (exact) mass is 250 g/mol. The lowest BCUT2D eigenvalue weighted by Crippen LogP contribution is -2.42. The second kappa shape index (κ2) is 4.84. The van der Waals surface area contributed by atoms with Gasteiger partial charge in [0.2, 0.25) is 5.91 Å². The largest absolute Gasteiger partial charge is 0.342 e. The van der Waals surface area contributed by atoms with Gasteiger partial charge in [0.15, 0.2) is 0 Å². The van der Waals surface area contributed by atoms with Gasteiger partial charge in [-0.25, -0.2) is 0 Å². The highest BCUT2D eigenvalue weighted by molar-refractivity contribution is 5.79. The van der Waals surface area contributed by atoms with Crippen molar-refractivity contribution >= 4 is 5.91 Å². The molecule has 0 bridgehead atoms. The second-order valence-corrected chi connectivity index (χ2v) is 6.85. The van der Waals surface area contributed by atoms with E-state index in [2.05, 4.69) is 11.8 Å². The highest BCUT2D eigenvalue weighted by Gasteiger charge is 2.41. The number of hydrogen-bond acceptors (Lipinski definition) is 2. The maximum atomic E-state index is 12.6. The molecule has 1 saturated heterocycles. The van der Waals surface area contributed by atoms with Crippen LogP contribution in [0.15, 0.2) is 0 Å². The minimum Gasteiger partial charge on any atom is -0.342 e. The maximum absolute atomic E-state index is 12.6. The molecule has 5 atom stereocenters. The van der Waals surface area contributed by atoms with Crippen LogP contribution in [0.25, 0.3) is 0 Å². The summed E-state index contributed by atoms with van der Waals surface area (Å²) in [5, 5.41) is 0. The molecular formula is C15H26N2O. The van der Waals surface area contributed by atoms with Gasteiger partial charge in [-0.05, 0) is 49.9 Å². The SMILES string of the molecule is CC1CC(N)CCC1C(=O)N1CC2CCCC2C1. The topological polar surface area (TPSA) is 46.3 Å². The van der Waals surface area contributed by atoms with E-state index in [0.717, 1.165) is 44.2 Å². The van der Waals surface area contributed by atoms with Crippen molar-refractivity contribution in [1.82, 2.24) is 4.90 Å². The molecule has 0 aromatic carbocycles. The van der Waals surface area contributed by atoms with Crippen molar-refractivity contribution < 1.29 is 4.79 Å². The summed E-state index contributed by atoms with van der Waals surface area (Å²) < 4.78 is 0. The van der Waals surface area contributed by atoms with E-state index in [0.29, 0.717) is 17.9 Å². The van der Waals surface area contributed by atoms with Crippen LogP contribution in [-0.4, -0.2) is 29.9 Å². The van der Waals surface area contributed by atoms with Gasteiger partial charge in [-0.1, -0.05) is 13.3 Å². The Bertz CT molecular complexity index is 318. The van der Waals surface area contributed by atoms with Crippen molar-refractivity contribution in [2.75, 3.05) is 13.1 Å². The van der Waals surface area contributed by atoms with Crippen LogP contribution < -0.4 is 5.73 Å². The molecule has 3 nitrogen and oxygen atoms in total. The summed E-state index contributed by atoms with van der Waals surface area (Å²) >= 11 is 0. The van der Waals surface area contributed by atoms with Gasteiger partial charge in [-0.3, -0.25) is 4.79 Å². The molecule has 3 rings (SSSR count). The molecule has 3 fully saturated rings. The van der Waals surface area contributed by atoms with Crippen molar-refractivity contribution in [3.8, 4) is 0 Å². The molecule has 1 aliphatic heterocycles. The van der Waals surface area contributed by atoms with Crippen LogP contribution in [0, 0.1) is 23.7 Å². The molecule has 2 saturated carbocycles. The summed E-state index contributed by atoms with van der Waals surface area (Å²) in [5.41, 5.74) is 5.99. The first kappa shape index (κ1) is 12.5. The van der Waals surface area contributed by atoms with Crippen LogP contribution in [0.3, 0.4) is 0 Å². The van der Waals surface area contributed by atoms with Gasteiger partial charge in [0.25, 0.3) is 0 Å². The molecule has 3 aliphatic rings. The zero-order valence-corrected chi connectivity index (χ0v) is 11.5. The summed E-state index contributed by atoms with van der Waals surface area (Å²) in [6.45, 7) is 4.29. The zero-order chi connectivity index (χ0) is 12.7. The van der Waals surface area contributed by atoms with Crippen LogP contribution in [-0.2, 0) is 4.79 Å². The minimum absolute atomic E-state index is 0.253. The Morgan fingerprint density at radius 3 is 2.39 bits per heavy atom. The number of rotatable bonds is 1. The van der Waals surface area contributed by atoms with E-state index in [1.807, 2.05) is 0 Å². The number of amides is 1. The molecule has 3 heteroatoms. The molecule has 18 heavy (non-hydrogen) atoms. The van der Waals surface area contributed by atoms with Gasteiger partial charge in [0.05, 0.1) is 0 Å². The summed E-state index contributed by atoms with van der Waals surface area (Å²) in [4.78, 5) is 14.8. The predicted molar refractivity (Wildman–Crippen MR) is 71.9 cm³/mol. The zero-order valence-electron chi connectivity index (χ0n) is 11.5. The van der Waals surface area contributed by atoms with Crippen molar-refractivity contribution in [3.63, 3.8) is 0 Å². The minimum atomic E-state index is 0.253. The Kier molecular flexibility index (Phi) is 3.35. The van der Waals surface area contributed by atoms with Gasteiger partial charge in [-0.2, -0.15) is 0 Å². The van der Waals surface area contributed by atoms with Crippen molar-refractivity contribution in [2.24, 2.45) is 29.4 Å². The molecule has 5 unspecified atom stereocenters. The standard InChI is InChI=1S/C15H26N2O/c1-10-7-13(16)5-6-14(10)15(18)17-8-11-3-2-4-12(11)9-17/h10-14H,2-9,16H2,1H3. The molecule has 0 aromatic rings. The quantitative estimate of drug-likeness (QED) is 0.774. The number of nitrogens with two attached hydrogens (primary N) is 1. The summed E-state index contributed by atoms with van der Waals surface area (Å²) in [7, 11) is 0. The second-order valence-electron chi connectivity index (χ2n) is 6.85. The Balaban J connectivity index is 1.61. The molecule has 0 radical (unpaired) electrons. The first-order valence-electron chi connectivity index (χ1n) is 7.69.